The Labute approximate surface area is 124 Å². The number of hydrogen-bond donors (Lipinski definition) is 0. The summed E-state index contributed by atoms with van der Waals surface area (Å²) in [5.41, 5.74) is 4.45. The molecule has 4 heteroatoms. The molecule has 1 aliphatic carbocycles. The highest BCUT2D eigenvalue weighted by molar-refractivity contribution is 5.71. The highest BCUT2D eigenvalue weighted by Gasteiger charge is 2.14. The lowest BCUT2D eigenvalue weighted by Gasteiger charge is -2.11. The van der Waals surface area contributed by atoms with Crippen LogP contribution in [0.4, 0.5) is 4.79 Å². The zero-order chi connectivity index (χ0) is 14.8. The molecule has 1 heterocycles. The molecule has 0 N–H and O–H groups in total. The van der Waals surface area contributed by atoms with Crippen LogP contribution in [0.3, 0.4) is 0 Å². The fourth-order valence-corrected chi connectivity index (χ4v) is 2.49. The van der Waals surface area contributed by atoms with E-state index in [1.165, 1.54) is 22.6 Å². The maximum atomic E-state index is 11.6. The van der Waals surface area contributed by atoms with Gasteiger partial charge in [0, 0.05) is 25.4 Å². The van der Waals surface area contributed by atoms with Crippen molar-refractivity contribution in [3.63, 3.8) is 0 Å². The summed E-state index contributed by atoms with van der Waals surface area (Å²) in [4.78, 5) is 17.7. The van der Waals surface area contributed by atoms with Gasteiger partial charge in [0.05, 0.1) is 5.69 Å². The van der Waals surface area contributed by atoms with Gasteiger partial charge in [0.2, 0.25) is 0 Å². The standard InChI is InChI=1S/C17H18N2O2/c1-19(2)17(20)21-14-7-3-6-13(11-14)16-10-9-12-5-4-8-15(12)18-16/h3,6-7,9-11H,4-5,8H2,1-2H3. The van der Waals surface area contributed by atoms with E-state index in [9.17, 15) is 4.79 Å². The topological polar surface area (TPSA) is 42.4 Å². The van der Waals surface area contributed by atoms with Crippen molar-refractivity contribution in [2.45, 2.75) is 19.3 Å². The summed E-state index contributed by atoms with van der Waals surface area (Å²) in [5, 5.41) is 0. The van der Waals surface area contributed by atoms with Crippen LogP contribution >= 0.6 is 0 Å². The van der Waals surface area contributed by atoms with Crippen LogP contribution in [0, 0.1) is 0 Å². The number of aryl methyl sites for hydroxylation is 2. The number of aromatic nitrogens is 1. The lowest BCUT2D eigenvalue weighted by Crippen LogP contribution is -2.25. The maximum Gasteiger partial charge on any atom is 0.414 e. The Kier molecular flexibility index (Phi) is 3.60. The summed E-state index contributed by atoms with van der Waals surface area (Å²) in [5.74, 6) is 0.536. The van der Waals surface area contributed by atoms with Crippen molar-refractivity contribution in [3.05, 3.63) is 47.7 Å². The molecule has 3 rings (SSSR count). The van der Waals surface area contributed by atoms with Crippen molar-refractivity contribution in [3.8, 4) is 17.0 Å². The molecule has 1 aliphatic rings. The molecule has 0 atom stereocenters. The summed E-state index contributed by atoms with van der Waals surface area (Å²) in [6, 6.07) is 11.7. The molecule has 0 bridgehead atoms. The molecule has 4 nitrogen and oxygen atoms in total. The molecular weight excluding hydrogens is 264 g/mol. The minimum absolute atomic E-state index is 0.380. The maximum absolute atomic E-state index is 11.6. The van der Waals surface area contributed by atoms with Crippen molar-refractivity contribution >= 4 is 6.09 Å². The van der Waals surface area contributed by atoms with Crippen LogP contribution < -0.4 is 4.74 Å². The van der Waals surface area contributed by atoms with Crippen LogP contribution in [-0.4, -0.2) is 30.1 Å². The van der Waals surface area contributed by atoms with Crippen LogP contribution in [0.15, 0.2) is 36.4 Å². The average Bonchev–Trinajstić information content (AvgIpc) is 2.94. The Morgan fingerprint density at radius 1 is 1.19 bits per heavy atom. The highest BCUT2D eigenvalue weighted by Crippen LogP contribution is 2.27. The molecule has 0 fully saturated rings. The van der Waals surface area contributed by atoms with Crippen molar-refractivity contribution in [1.82, 2.24) is 9.88 Å². The second-order valence-electron chi connectivity index (χ2n) is 5.45. The molecule has 0 aliphatic heterocycles. The molecule has 1 amide bonds. The third-order valence-corrected chi connectivity index (χ3v) is 3.63. The lowest BCUT2D eigenvalue weighted by atomic mass is 10.1. The largest absolute Gasteiger partial charge is 0.414 e. The Bertz CT molecular complexity index is 680. The van der Waals surface area contributed by atoms with Gasteiger partial charge in [-0.05, 0) is 43.0 Å². The van der Waals surface area contributed by atoms with E-state index in [0.717, 1.165) is 24.1 Å². The molecule has 1 aromatic carbocycles. The first-order valence-electron chi connectivity index (χ1n) is 7.12. The molecule has 21 heavy (non-hydrogen) atoms. The number of amides is 1. The molecule has 0 unspecified atom stereocenters. The van der Waals surface area contributed by atoms with Gasteiger partial charge in [-0.3, -0.25) is 4.98 Å². The Hall–Kier alpha value is -2.36. The number of nitrogens with zero attached hydrogens (tertiary/aromatic N) is 2. The van der Waals surface area contributed by atoms with Crippen molar-refractivity contribution < 1.29 is 9.53 Å². The van der Waals surface area contributed by atoms with Gasteiger partial charge in [-0.2, -0.15) is 0 Å². The van der Waals surface area contributed by atoms with Gasteiger partial charge in [-0.15, -0.1) is 0 Å². The number of pyridine rings is 1. The SMILES string of the molecule is CN(C)C(=O)Oc1cccc(-c2ccc3c(n2)CCC3)c1. The minimum atomic E-state index is -0.380. The third-order valence-electron chi connectivity index (χ3n) is 3.63. The monoisotopic (exact) mass is 282 g/mol. The van der Waals surface area contributed by atoms with Gasteiger partial charge in [-0.25, -0.2) is 4.79 Å². The quantitative estimate of drug-likeness (QED) is 0.848. The predicted molar refractivity (Wildman–Crippen MR) is 81.4 cm³/mol. The Morgan fingerprint density at radius 2 is 2.05 bits per heavy atom. The van der Waals surface area contributed by atoms with E-state index >= 15 is 0 Å². The molecule has 0 saturated heterocycles. The second-order valence-corrected chi connectivity index (χ2v) is 5.45. The number of ether oxygens (including phenoxy) is 1. The summed E-state index contributed by atoms with van der Waals surface area (Å²) < 4.78 is 5.29. The first kappa shape index (κ1) is 13.6. The van der Waals surface area contributed by atoms with E-state index in [1.807, 2.05) is 24.3 Å². The molecule has 0 saturated carbocycles. The van der Waals surface area contributed by atoms with Gasteiger partial charge in [0.15, 0.2) is 0 Å². The van der Waals surface area contributed by atoms with Gasteiger partial charge in [0.1, 0.15) is 5.75 Å². The van der Waals surface area contributed by atoms with Gasteiger partial charge >= 0.3 is 6.09 Å². The average molecular weight is 282 g/mol. The molecule has 108 valence electrons. The molecule has 2 aromatic rings. The third kappa shape index (κ3) is 2.89. The predicted octanol–water partition coefficient (Wildman–Crippen LogP) is 3.30. The Balaban J connectivity index is 1.87. The molecule has 0 radical (unpaired) electrons. The van der Waals surface area contributed by atoms with E-state index < -0.39 is 0 Å². The smallest absolute Gasteiger partial charge is 0.410 e. The highest BCUT2D eigenvalue weighted by atomic mass is 16.6. The van der Waals surface area contributed by atoms with E-state index in [4.69, 9.17) is 9.72 Å². The normalized spacial score (nSPS) is 12.9. The molecule has 0 spiro atoms. The van der Waals surface area contributed by atoms with E-state index in [-0.39, 0.29) is 6.09 Å². The van der Waals surface area contributed by atoms with Crippen molar-refractivity contribution in [2.24, 2.45) is 0 Å². The fraction of sp³-hybridized carbons (Fsp3) is 0.294. The first-order valence-corrected chi connectivity index (χ1v) is 7.12. The van der Waals surface area contributed by atoms with Gasteiger partial charge in [-0.1, -0.05) is 18.2 Å². The first-order chi connectivity index (χ1) is 10.1. The number of benzene rings is 1. The zero-order valence-electron chi connectivity index (χ0n) is 12.3. The van der Waals surface area contributed by atoms with Crippen LogP contribution in [-0.2, 0) is 12.8 Å². The second kappa shape index (κ2) is 5.56. The van der Waals surface area contributed by atoms with E-state index in [2.05, 4.69) is 6.07 Å². The van der Waals surface area contributed by atoms with Crippen molar-refractivity contribution in [2.75, 3.05) is 14.1 Å². The van der Waals surface area contributed by atoms with Crippen LogP contribution in [0.25, 0.3) is 11.3 Å². The zero-order valence-corrected chi connectivity index (χ0v) is 12.3. The summed E-state index contributed by atoms with van der Waals surface area (Å²) in [7, 11) is 3.32. The minimum Gasteiger partial charge on any atom is -0.410 e. The van der Waals surface area contributed by atoms with Crippen LogP contribution in [0.1, 0.15) is 17.7 Å². The van der Waals surface area contributed by atoms with Gasteiger partial charge < -0.3 is 9.64 Å². The number of carbonyl (C=O) groups is 1. The molecule has 1 aromatic heterocycles. The Morgan fingerprint density at radius 3 is 2.86 bits per heavy atom. The number of fused-ring (bicyclic) bond motifs is 1. The van der Waals surface area contributed by atoms with E-state index in [1.54, 1.807) is 20.2 Å². The van der Waals surface area contributed by atoms with Crippen LogP contribution in [0.2, 0.25) is 0 Å². The number of hydrogen-bond acceptors (Lipinski definition) is 3. The number of rotatable bonds is 2. The fourth-order valence-electron chi connectivity index (χ4n) is 2.49. The summed E-state index contributed by atoms with van der Waals surface area (Å²) in [6.45, 7) is 0. The number of carbonyl (C=O) groups excluding carboxylic acids is 1. The lowest BCUT2D eigenvalue weighted by molar-refractivity contribution is 0.172. The summed E-state index contributed by atoms with van der Waals surface area (Å²) in [6.07, 6.45) is 2.99. The molecular formula is C17H18N2O2. The van der Waals surface area contributed by atoms with E-state index in [0.29, 0.717) is 5.75 Å². The van der Waals surface area contributed by atoms with Crippen molar-refractivity contribution in [1.29, 1.82) is 0 Å². The van der Waals surface area contributed by atoms with Crippen LogP contribution in [0.5, 0.6) is 5.75 Å². The van der Waals surface area contributed by atoms with Gasteiger partial charge in [0.25, 0.3) is 0 Å². The summed E-state index contributed by atoms with van der Waals surface area (Å²) >= 11 is 0.